The minimum atomic E-state index is -0.925. The highest BCUT2D eigenvalue weighted by Crippen LogP contribution is 2.47. The van der Waals surface area contributed by atoms with Gasteiger partial charge in [-0.2, -0.15) is 0 Å². The lowest BCUT2D eigenvalue weighted by Crippen LogP contribution is -2.26. The Kier molecular flexibility index (Phi) is 3.77. The number of nitrogens with zero attached hydrogens (tertiary/aromatic N) is 1. The van der Waals surface area contributed by atoms with Crippen molar-refractivity contribution < 1.29 is 9.90 Å². The fraction of sp³-hybridized carbons (Fsp3) is 0.136. The zero-order chi connectivity index (χ0) is 17.3. The summed E-state index contributed by atoms with van der Waals surface area (Å²) in [5, 5.41) is 8.92. The molecule has 0 spiro atoms. The van der Waals surface area contributed by atoms with Gasteiger partial charge in [0.1, 0.15) is 0 Å². The minimum Gasteiger partial charge on any atom is -0.478 e. The van der Waals surface area contributed by atoms with E-state index in [1.807, 2.05) is 18.2 Å². The van der Waals surface area contributed by atoms with Gasteiger partial charge < -0.3 is 9.67 Å². The van der Waals surface area contributed by atoms with E-state index >= 15 is 0 Å². The van der Waals surface area contributed by atoms with Crippen LogP contribution in [0.15, 0.2) is 78.9 Å². The summed E-state index contributed by atoms with van der Waals surface area (Å²) < 4.78 is 2.24. The van der Waals surface area contributed by atoms with Crippen molar-refractivity contribution in [2.45, 2.75) is 18.4 Å². The third-order valence-corrected chi connectivity index (χ3v) is 5.09. The number of hydrogen-bond acceptors (Lipinski definition) is 1. The Morgan fingerprint density at radius 3 is 2.08 bits per heavy atom. The second-order valence-electron chi connectivity index (χ2n) is 6.35. The number of benzene rings is 2. The maximum absolute atomic E-state index is 10.9. The highest BCUT2D eigenvalue weighted by molar-refractivity contribution is 5.85. The number of rotatable bonds is 4. The molecule has 3 aromatic rings. The molecule has 0 fully saturated rings. The quantitative estimate of drug-likeness (QED) is 0.724. The molecule has 124 valence electrons. The van der Waals surface area contributed by atoms with Crippen LogP contribution in [0.5, 0.6) is 0 Å². The Morgan fingerprint density at radius 1 is 0.920 bits per heavy atom. The molecule has 3 heteroatoms. The molecule has 0 amide bonds. The van der Waals surface area contributed by atoms with Gasteiger partial charge in [0, 0.05) is 24.0 Å². The van der Waals surface area contributed by atoms with Crippen molar-refractivity contribution in [2.24, 2.45) is 0 Å². The number of carboxylic acids is 1. The number of fused-ring (bicyclic) bond motifs is 1. The highest BCUT2D eigenvalue weighted by atomic mass is 16.4. The summed E-state index contributed by atoms with van der Waals surface area (Å²) >= 11 is 0. The van der Waals surface area contributed by atoms with E-state index in [1.165, 1.54) is 22.9 Å². The van der Waals surface area contributed by atoms with E-state index in [-0.39, 0.29) is 5.41 Å². The second kappa shape index (κ2) is 6.10. The van der Waals surface area contributed by atoms with Crippen LogP contribution < -0.4 is 0 Å². The van der Waals surface area contributed by atoms with Gasteiger partial charge in [0.05, 0.1) is 5.41 Å². The van der Waals surface area contributed by atoms with Crippen LogP contribution in [-0.4, -0.2) is 15.6 Å². The molecule has 0 saturated heterocycles. The van der Waals surface area contributed by atoms with Crippen LogP contribution in [-0.2, 0) is 16.8 Å². The molecule has 25 heavy (non-hydrogen) atoms. The highest BCUT2D eigenvalue weighted by Gasteiger charge is 2.42. The molecule has 0 unspecified atom stereocenters. The standard InChI is InChI=1S/C22H19NO2/c24-21(25)14-12-19-11-13-20-22(15-16-23(19)20,17-7-3-1-4-8-17)18-9-5-2-6-10-18/h1-14H,15-16H2,(H,24,25). The molecule has 2 aromatic carbocycles. The Balaban J connectivity index is 1.91. The Hall–Kier alpha value is -3.07. The molecular formula is C22H19NO2. The first-order chi connectivity index (χ1) is 12.2. The summed E-state index contributed by atoms with van der Waals surface area (Å²) in [4.78, 5) is 10.9. The molecule has 0 saturated carbocycles. The van der Waals surface area contributed by atoms with Gasteiger partial charge in [0.25, 0.3) is 0 Å². The van der Waals surface area contributed by atoms with E-state index in [0.717, 1.165) is 18.7 Å². The maximum Gasteiger partial charge on any atom is 0.328 e. The molecule has 1 aliphatic heterocycles. The van der Waals surface area contributed by atoms with Gasteiger partial charge in [-0.1, -0.05) is 60.7 Å². The third kappa shape index (κ3) is 2.49. The number of carboxylic acid groups (broad SMARTS) is 1. The largest absolute Gasteiger partial charge is 0.478 e. The monoisotopic (exact) mass is 329 g/mol. The van der Waals surface area contributed by atoms with Crippen LogP contribution in [0.2, 0.25) is 0 Å². The fourth-order valence-electron chi connectivity index (χ4n) is 4.01. The molecule has 0 radical (unpaired) electrons. The molecule has 0 bridgehead atoms. The van der Waals surface area contributed by atoms with Crippen molar-refractivity contribution in [3.05, 3.63) is 101 Å². The Morgan fingerprint density at radius 2 is 1.52 bits per heavy atom. The van der Waals surface area contributed by atoms with Crippen LogP contribution >= 0.6 is 0 Å². The van der Waals surface area contributed by atoms with Crippen LogP contribution in [0.3, 0.4) is 0 Å². The molecule has 0 aliphatic carbocycles. The third-order valence-electron chi connectivity index (χ3n) is 5.09. The molecule has 3 nitrogen and oxygen atoms in total. The van der Waals surface area contributed by atoms with E-state index < -0.39 is 5.97 Å². The van der Waals surface area contributed by atoms with Crippen LogP contribution in [0.1, 0.15) is 28.9 Å². The molecule has 4 rings (SSSR count). The summed E-state index contributed by atoms with van der Waals surface area (Å²) in [5.41, 5.74) is 4.50. The number of aliphatic carboxylic acids is 1. The lowest BCUT2D eigenvalue weighted by molar-refractivity contribution is -0.131. The molecule has 1 N–H and O–H groups in total. The van der Waals surface area contributed by atoms with E-state index in [0.29, 0.717) is 0 Å². The van der Waals surface area contributed by atoms with Gasteiger partial charge in [-0.05, 0) is 35.8 Å². The number of hydrogen-bond donors (Lipinski definition) is 1. The smallest absolute Gasteiger partial charge is 0.328 e. The summed E-state index contributed by atoms with van der Waals surface area (Å²) in [5.74, 6) is -0.925. The zero-order valence-electron chi connectivity index (χ0n) is 13.8. The second-order valence-corrected chi connectivity index (χ2v) is 6.35. The average molecular weight is 329 g/mol. The molecule has 1 aromatic heterocycles. The average Bonchev–Trinajstić information content (AvgIpc) is 3.22. The van der Waals surface area contributed by atoms with Crippen molar-refractivity contribution >= 4 is 12.0 Å². The van der Waals surface area contributed by atoms with Crippen molar-refractivity contribution in [1.82, 2.24) is 4.57 Å². The molecule has 1 aliphatic rings. The lowest BCUT2D eigenvalue weighted by Gasteiger charge is -2.30. The molecule has 2 heterocycles. The first kappa shape index (κ1) is 15.5. The van der Waals surface area contributed by atoms with Gasteiger partial charge in [0.2, 0.25) is 0 Å². The summed E-state index contributed by atoms with van der Waals surface area (Å²) in [6, 6.07) is 25.3. The summed E-state index contributed by atoms with van der Waals surface area (Å²) in [6.07, 6.45) is 3.84. The van der Waals surface area contributed by atoms with Gasteiger partial charge >= 0.3 is 5.97 Å². The van der Waals surface area contributed by atoms with E-state index in [4.69, 9.17) is 5.11 Å². The SMILES string of the molecule is O=C(O)C=Cc1ccc2n1CCC2(c1ccccc1)c1ccccc1. The van der Waals surface area contributed by atoms with Gasteiger partial charge in [-0.15, -0.1) is 0 Å². The predicted molar refractivity (Wildman–Crippen MR) is 98.5 cm³/mol. The van der Waals surface area contributed by atoms with E-state index in [9.17, 15) is 4.79 Å². The van der Waals surface area contributed by atoms with Crippen molar-refractivity contribution in [1.29, 1.82) is 0 Å². The topological polar surface area (TPSA) is 42.2 Å². The first-order valence-corrected chi connectivity index (χ1v) is 8.44. The minimum absolute atomic E-state index is 0.197. The normalized spacial score (nSPS) is 15.4. The van der Waals surface area contributed by atoms with Gasteiger partial charge in [-0.3, -0.25) is 0 Å². The summed E-state index contributed by atoms with van der Waals surface area (Å²) in [7, 11) is 0. The van der Waals surface area contributed by atoms with Gasteiger partial charge in [-0.25, -0.2) is 4.79 Å². The molecular weight excluding hydrogens is 310 g/mol. The van der Waals surface area contributed by atoms with E-state index in [2.05, 4.69) is 59.2 Å². The fourth-order valence-corrected chi connectivity index (χ4v) is 4.01. The van der Waals surface area contributed by atoms with Crippen LogP contribution in [0, 0.1) is 0 Å². The zero-order valence-corrected chi connectivity index (χ0v) is 13.8. The number of aromatic nitrogens is 1. The van der Waals surface area contributed by atoms with Crippen LogP contribution in [0.25, 0.3) is 6.08 Å². The Labute approximate surface area is 146 Å². The lowest BCUT2D eigenvalue weighted by atomic mass is 9.71. The molecule has 0 atom stereocenters. The Bertz CT molecular complexity index is 884. The van der Waals surface area contributed by atoms with Crippen LogP contribution in [0.4, 0.5) is 0 Å². The number of carbonyl (C=O) groups is 1. The first-order valence-electron chi connectivity index (χ1n) is 8.44. The summed E-state index contributed by atoms with van der Waals surface area (Å²) in [6.45, 7) is 0.866. The van der Waals surface area contributed by atoms with E-state index in [1.54, 1.807) is 6.08 Å². The van der Waals surface area contributed by atoms with Crippen molar-refractivity contribution in [2.75, 3.05) is 0 Å². The van der Waals surface area contributed by atoms with Crippen molar-refractivity contribution in [3.63, 3.8) is 0 Å². The van der Waals surface area contributed by atoms with Crippen molar-refractivity contribution in [3.8, 4) is 0 Å². The predicted octanol–water partition coefficient (Wildman–Crippen LogP) is 4.32. The van der Waals surface area contributed by atoms with Gasteiger partial charge in [0.15, 0.2) is 0 Å². The maximum atomic E-state index is 10.9.